The van der Waals surface area contributed by atoms with Crippen molar-refractivity contribution < 1.29 is 9.18 Å². The van der Waals surface area contributed by atoms with E-state index in [1.807, 2.05) is 6.07 Å². The van der Waals surface area contributed by atoms with Crippen molar-refractivity contribution in [1.82, 2.24) is 0 Å². The molecule has 0 spiro atoms. The van der Waals surface area contributed by atoms with Crippen molar-refractivity contribution in [2.75, 3.05) is 16.8 Å². The smallest absolute Gasteiger partial charge is 0.244 e. The fourth-order valence-corrected chi connectivity index (χ4v) is 2.23. The fourth-order valence-electron chi connectivity index (χ4n) is 2.23. The number of hydrogen-bond donors (Lipinski definition) is 1. The Morgan fingerprint density at radius 1 is 1.20 bits per heavy atom. The molecule has 1 aliphatic rings. The molecule has 0 radical (unpaired) electrons. The maximum atomic E-state index is 13.9. The van der Waals surface area contributed by atoms with Gasteiger partial charge in [-0.25, -0.2) is 4.39 Å². The van der Waals surface area contributed by atoms with Crippen LogP contribution in [-0.4, -0.2) is 12.5 Å². The normalized spacial score (nSPS) is 13.4. The highest BCUT2D eigenvalue weighted by Crippen LogP contribution is 2.36. The van der Waals surface area contributed by atoms with Crippen molar-refractivity contribution in [2.24, 2.45) is 0 Å². The minimum Gasteiger partial charge on any atom is -0.328 e. The molecule has 1 aliphatic heterocycles. The van der Waals surface area contributed by atoms with E-state index in [4.69, 9.17) is 5.26 Å². The van der Waals surface area contributed by atoms with Gasteiger partial charge in [-0.15, -0.1) is 0 Å². The SMILES string of the molecule is N#Cc1ccc2c(c1)N(c1ccccc1F)CC(=O)N2. The Kier molecular flexibility index (Phi) is 2.84. The Morgan fingerprint density at radius 2 is 2.00 bits per heavy atom. The first-order valence-corrected chi connectivity index (χ1v) is 6.05. The number of amides is 1. The van der Waals surface area contributed by atoms with Crippen LogP contribution in [0.1, 0.15) is 5.56 Å². The van der Waals surface area contributed by atoms with E-state index in [0.717, 1.165) is 0 Å². The quantitative estimate of drug-likeness (QED) is 0.864. The number of fused-ring (bicyclic) bond motifs is 1. The average molecular weight is 267 g/mol. The topological polar surface area (TPSA) is 56.1 Å². The van der Waals surface area contributed by atoms with Crippen molar-refractivity contribution in [2.45, 2.75) is 0 Å². The molecule has 1 amide bonds. The molecule has 4 nitrogen and oxygen atoms in total. The largest absolute Gasteiger partial charge is 0.328 e. The number of para-hydroxylation sites is 1. The maximum Gasteiger partial charge on any atom is 0.244 e. The van der Waals surface area contributed by atoms with E-state index >= 15 is 0 Å². The zero-order chi connectivity index (χ0) is 14.1. The Balaban J connectivity index is 2.17. The Morgan fingerprint density at radius 3 is 2.75 bits per heavy atom. The van der Waals surface area contributed by atoms with Crippen LogP contribution in [0, 0.1) is 17.1 Å². The summed E-state index contributed by atoms with van der Waals surface area (Å²) < 4.78 is 13.9. The second-order valence-electron chi connectivity index (χ2n) is 4.43. The predicted molar refractivity (Wildman–Crippen MR) is 73.2 cm³/mol. The van der Waals surface area contributed by atoms with E-state index in [2.05, 4.69) is 5.32 Å². The molecule has 0 fully saturated rings. The number of nitriles is 1. The lowest BCUT2D eigenvalue weighted by molar-refractivity contribution is -0.115. The Hall–Kier alpha value is -2.87. The lowest BCUT2D eigenvalue weighted by Crippen LogP contribution is -2.35. The number of carbonyl (C=O) groups excluding carboxylic acids is 1. The molecule has 2 aromatic carbocycles. The monoisotopic (exact) mass is 267 g/mol. The van der Waals surface area contributed by atoms with Gasteiger partial charge >= 0.3 is 0 Å². The number of nitrogens with zero attached hydrogens (tertiary/aromatic N) is 2. The molecule has 0 saturated carbocycles. The van der Waals surface area contributed by atoms with E-state index in [9.17, 15) is 9.18 Å². The molecule has 0 unspecified atom stereocenters. The summed E-state index contributed by atoms with van der Waals surface area (Å²) in [5.41, 5.74) is 1.97. The lowest BCUT2D eigenvalue weighted by Gasteiger charge is -2.31. The highest BCUT2D eigenvalue weighted by Gasteiger charge is 2.25. The summed E-state index contributed by atoms with van der Waals surface area (Å²) in [5.74, 6) is -0.624. The zero-order valence-corrected chi connectivity index (χ0v) is 10.4. The van der Waals surface area contributed by atoms with Crippen LogP contribution in [0.4, 0.5) is 21.5 Å². The standard InChI is InChI=1S/C15H10FN3O/c16-11-3-1-2-4-13(11)19-9-15(20)18-12-6-5-10(8-17)7-14(12)19/h1-7H,9H2,(H,18,20). The highest BCUT2D eigenvalue weighted by atomic mass is 19.1. The van der Waals surface area contributed by atoms with Crippen LogP contribution >= 0.6 is 0 Å². The molecule has 0 atom stereocenters. The summed E-state index contributed by atoms with van der Waals surface area (Å²) in [7, 11) is 0. The van der Waals surface area contributed by atoms with Gasteiger partial charge in [0, 0.05) is 0 Å². The number of benzene rings is 2. The summed E-state index contributed by atoms with van der Waals surface area (Å²) in [5, 5.41) is 11.7. The summed E-state index contributed by atoms with van der Waals surface area (Å²) >= 11 is 0. The van der Waals surface area contributed by atoms with Crippen molar-refractivity contribution >= 4 is 23.0 Å². The fraction of sp³-hybridized carbons (Fsp3) is 0.0667. The third kappa shape index (κ3) is 1.97. The molecule has 1 heterocycles. The average Bonchev–Trinajstić information content (AvgIpc) is 2.46. The van der Waals surface area contributed by atoms with Crippen LogP contribution in [-0.2, 0) is 4.79 Å². The summed E-state index contributed by atoms with van der Waals surface area (Å²) in [4.78, 5) is 13.3. The molecule has 98 valence electrons. The van der Waals surface area contributed by atoms with Gasteiger partial charge in [-0.2, -0.15) is 5.26 Å². The third-order valence-electron chi connectivity index (χ3n) is 3.14. The second kappa shape index (κ2) is 4.67. The van der Waals surface area contributed by atoms with Gasteiger partial charge in [0.1, 0.15) is 12.4 Å². The molecule has 20 heavy (non-hydrogen) atoms. The van der Waals surface area contributed by atoms with E-state index in [1.165, 1.54) is 6.07 Å². The Labute approximate surface area is 115 Å². The van der Waals surface area contributed by atoms with E-state index < -0.39 is 5.82 Å². The molecule has 0 aliphatic carbocycles. The van der Waals surface area contributed by atoms with Gasteiger partial charge in [-0.05, 0) is 30.3 Å². The first-order chi connectivity index (χ1) is 9.69. The van der Waals surface area contributed by atoms with Crippen LogP contribution < -0.4 is 10.2 Å². The minimum absolute atomic E-state index is 0.0167. The summed E-state index contributed by atoms with van der Waals surface area (Å²) in [6.45, 7) is 0.0167. The summed E-state index contributed by atoms with van der Waals surface area (Å²) in [6.07, 6.45) is 0. The molecular formula is C15H10FN3O. The Bertz CT molecular complexity index is 736. The van der Waals surface area contributed by atoms with Crippen LogP contribution in [0.5, 0.6) is 0 Å². The van der Waals surface area contributed by atoms with Crippen molar-refractivity contribution in [3.8, 4) is 6.07 Å². The van der Waals surface area contributed by atoms with Gasteiger partial charge in [-0.1, -0.05) is 12.1 Å². The zero-order valence-electron chi connectivity index (χ0n) is 10.4. The molecule has 1 N–H and O–H groups in total. The lowest BCUT2D eigenvalue weighted by atomic mass is 10.1. The van der Waals surface area contributed by atoms with Gasteiger partial charge in [0.2, 0.25) is 5.91 Å². The second-order valence-corrected chi connectivity index (χ2v) is 4.43. The third-order valence-corrected chi connectivity index (χ3v) is 3.14. The predicted octanol–water partition coefficient (Wildman–Crippen LogP) is 2.79. The number of anilines is 3. The van der Waals surface area contributed by atoms with Gasteiger partial charge < -0.3 is 10.2 Å². The van der Waals surface area contributed by atoms with Crippen molar-refractivity contribution in [3.05, 3.63) is 53.8 Å². The van der Waals surface area contributed by atoms with E-state index in [-0.39, 0.29) is 12.5 Å². The number of nitrogens with one attached hydrogen (secondary N) is 1. The molecule has 2 aromatic rings. The maximum absolute atomic E-state index is 13.9. The van der Waals surface area contributed by atoms with Gasteiger partial charge in [0.25, 0.3) is 0 Å². The molecular weight excluding hydrogens is 257 g/mol. The van der Waals surface area contributed by atoms with Crippen LogP contribution in [0.3, 0.4) is 0 Å². The summed E-state index contributed by atoms with van der Waals surface area (Å²) in [6, 6.07) is 13.2. The molecule has 3 rings (SSSR count). The van der Waals surface area contributed by atoms with E-state index in [1.54, 1.807) is 41.3 Å². The van der Waals surface area contributed by atoms with Gasteiger partial charge in [-0.3, -0.25) is 4.79 Å². The van der Waals surface area contributed by atoms with E-state index in [0.29, 0.717) is 22.6 Å². The van der Waals surface area contributed by atoms with Crippen molar-refractivity contribution in [1.29, 1.82) is 5.26 Å². The number of halogens is 1. The van der Waals surface area contributed by atoms with Crippen molar-refractivity contribution in [3.63, 3.8) is 0 Å². The molecule has 0 bridgehead atoms. The molecule has 5 heteroatoms. The minimum atomic E-state index is -0.407. The number of hydrogen-bond acceptors (Lipinski definition) is 3. The first kappa shape index (κ1) is 12.2. The number of rotatable bonds is 1. The molecule has 0 aromatic heterocycles. The number of carbonyl (C=O) groups is 1. The highest BCUT2D eigenvalue weighted by molar-refractivity contribution is 6.03. The van der Waals surface area contributed by atoms with Gasteiger partial charge in [0.15, 0.2) is 0 Å². The first-order valence-electron chi connectivity index (χ1n) is 6.05. The molecule has 0 saturated heterocycles. The van der Waals surface area contributed by atoms with Gasteiger partial charge in [0.05, 0.1) is 28.7 Å². The van der Waals surface area contributed by atoms with Crippen LogP contribution in [0.25, 0.3) is 0 Å². The van der Waals surface area contributed by atoms with Crippen LogP contribution in [0.2, 0.25) is 0 Å². The van der Waals surface area contributed by atoms with Crippen LogP contribution in [0.15, 0.2) is 42.5 Å².